The molecule has 0 aliphatic carbocycles. The summed E-state index contributed by atoms with van der Waals surface area (Å²) in [6.07, 6.45) is 0. The van der Waals surface area contributed by atoms with Crippen LogP contribution in [0.4, 0.5) is 5.69 Å². The lowest BCUT2D eigenvalue weighted by molar-refractivity contribution is -0.385. The van der Waals surface area contributed by atoms with Gasteiger partial charge in [-0.05, 0) is 47.2 Å². The summed E-state index contributed by atoms with van der Waals surface area (Å²) in [5, 5.41) is 13.7. The van der Waals surface area contributed by atoms with Crippen LogP contribution >= 0.6 is 15.9 Å². The number of hydrogen-bond acceptors (Lipinski definition) is 4. The summed E-state index contributed by atoms with van der Waals surface area (Å²) < 4.78 is 6.05. The third-order valence-electron chi connectivity index (χ3n) is 2.44. The molecule has 0 unspecified atom stereocenters. The summed E-state index contributed by atoms with van der Waals surface area (Å²) in [4.78, 5) is 10.3. The highest BCUT2D eigenvalue weighted by Crippen LogP contribution is 2.31. The van der Waals surface area contributed by atoms with E-state index in [0.717, 1.165) is 11.3 Å². The molecule has 0 aliphatic heterocycles. The highest BCUT2D eigenvalue weighted by Gasteiger charge is 2.13. The van der Waals surface area contributed by atoms with Crippen LogP contribution in [0.25, 0.3) is 11.3 Å². The van der Waals surface area contributed by atoms with Gasteiger partial charge < -0.3 is 9.73 Å². The molecule has 0 saturated heterocycles. The lowest BCUT2D eigenvalue weighted by atomic mass is 10.1. The normalized spacial score (nSPS) is 10.6. The Morgan fingerprint density at radius 1 is 1.39 bits per heavy atom. The lowest BCUT2D eigenvalue weighted by Crippen LogP contribution is -2.03. The van der Waals surface area contributed by atoms with Gasteiger partial charge in [0.15, 0.2) is 0 Å². The third-order valence-corrected chi connectivity index (χ3v) is 3.08. The van der Waals surface area contributed by atoms with Crippen molar-refractivity contribution in [1.82, 2.24) is 5.32 Å². The molecule has 18 heavy (non-hydrogen) atoms. The van der Waals surface area contributed by atoms with Crippen LogP contribution in [-0.2, 0) is 6.54 Å². The van der Waals surface area contributed by atoms with Gasteiger partial charge in [-0.3, -0.25) is 10.1 Å². The zero-order chi connectivity index (χ0) is 13.1. The highest BCUT2D eigenvalue weighted by atomic mass is 79.9. The number of halogens is 1. The molecule has 0 bridgehead atoms. The van der Waals surface area contributed by atoms with Crippen molar-refractivity contribution in [3.63, 3.8) is 0 Å². The number of benzene rings is 1. The van der Waals surface area contributed by atoms with E-state index in [-0.39, 0.29) is 5.69 Å². The maximum absolute atomic E-state index is 10.7. The fraction of sp³-hybridized carbons (Fsp3) is 0.167. The Hall–Kier alpha value is -1.66. The van der Waals surface area contributed by atoms with Crippen molar-refractivity contribution in [3.05, 3.63) is 50.7 Å². The smallest absolute Gasteiger partial charge is 0.283 e. The predicted molar refractivity (Wildman–Crippen MR) is 71.3 cm³/mol. The summed E-state index contributed by atoms with van der Waals surface area (Å²) in [6, 6.07) is 8.53. The van der Waals surface area contributed by atoms with Crippen LogP contribution in [0.5, 0.6) is 0 Å². The second-order valence-corrected chi connectivity index (χ2v) is 4.57. The Morgan fingerprint density at radius 3 is 2.78 bits per heavy atom. The van der Waals surface area contributed by atoms with Crippen LogP contribution in [0.2, 0.25) is 0 Å². The highest BCUT2D eigenvalue weighted by molar-refractivity contribution is 9.10. The number of nitrogens with zero attached hydrogens (tertiary/aromatic N) is 1. The zero-order valence-corrected chi connectivity index (χ0v) is 11.2. The fourth-order valence-electron chi connectivity index (χ4n) is 1.61. The molecule has 0 atom stereocenters. The molecule has 0 radical (unpaired) electrons. The molecule has 1 heterocycles. The summed E-state index contributed by atoms with van der Waals surface area (Å²) in [7, 11) is 1.84. The number of nitrogens with one attached hydrogen (secondary N) is 1. The Bertz CT molecular complexity index is 580. The third kappa shape index (κ3) is 2.60. The first kappa shape index (κ1) is 12.8. The maximum atomic E-state index is 10.7. The Balaban J connectivity index is 2.33. The molecule has 2 rings (SSSR count). The molecule has 6 heteroatoms. The minimum atomic E-state index is -0.428. The predicted octanol–water partition coefficient (Wildman–Crippen LogP) is 3.34. The Morgan fingerprint density at radius 2 is 2.17 bits per heavy atom. The summed E-state index contributed by atoms with van der Waals surface area (Å²) in [6.45, 7) is 0.647. The van der Waals surface area contributed by atoms with Gasteiger partial charge in [0.2, 0.25) is 0 Å². The molecule has 1 N–H and O–H groups in total. The van der Waals surface area contributed by atoms with Crippen LogP contribution in [0.15, 0.2) is 39.2 Å². The van der Waals surface area contributed by atoms with E-state index in [9.17, 15) is 10.1 Å². The first-order chi connectivity index (χ1) is 8.61. The van der Waals surface area contributed by atoms with Crippen molar-refractivity contribution >= 4 is 21.6 Å². The van der Waals surface area contributed by atoms with Crippen LogP contribution < -0.4 is 5.32 Å². The molecule has 94 valence electrons. The molecule has 0 spiro atoms. The van der Waals surface area contributed by atoms with E-state index in [1.807, 2.05) is 19.2 Å². The summed E-state index contributed by atoms with van der Waals surface area (Å²) in [5.74, 6) is 1.51. The van der Waals surface area contributed by atoms with Gasteiger partial charge in [0.25, 0.3) is 5.69 Å². The van der Waals surface area contributed by atoms with Crippen molar-refractivity contribution < 1.29 is 9.34 Å². The van der Waals surface area contributed by atoms with Gasteiger partial charge in [0.1, 0.15) is 11.5 Å². The minimum Gasteiger partial charge on any atom is -0.460 e. The van der Waals surface area contributed by atoms with Crippen LogP contribution in [0.3, 0.4) is 0 Å². The van der Waals surface area contributed by atoms with E-state index < -0.39 is 4.92 Å². The maximum Gasteiger partial charge on any atom is 0.283 e. The van der Waals surface area contributed by atoms with Crippen molar-refractivity contribution in [2.45, 2.75) is 6.54 Å². The number of nitro benzene ring substituents is 1. The molecule has 0 fully saturated rings. The van der Waals surface area contributed by atoms with Crippen molar-refractivity contribution in [3.8, 4) is 11.3 Å². The number of rotatable bonds is 4. The second kappa shape index (κ2) is 5.32. The largest absolute Gasteiger partial charge is 0.460 e. The minimum absolute atomic E-state index is 0.0424. The molecule has 0 aliphatic rings. The summed E-state index contributed by atoms with van der Waals surface area (Å²) in [5.41, 5.74) is 0.843. The Kier molecular flexibility index (Phi) is 3.78. The SMILES string of the molecule is CNCc1ccc(-c2ccc([N+](=O)[O-])c(Br)c2)o1. The fourth-order valence-corrected chi connectivity index (χ4v) is 2.13. The topological polar surface area (TPSA) is 68.3 Å². The standard InChI is InChI=1S/C12H11BrN2O3/c1-14-7-9-3-5-12(18-9)8-2-4-11(15(16)17)10(13)6-8/h2-6,14H,7H2,1H3. The molecular weight excluding hydrogens is 300 g/mol. The molecular formula is C12H11BrN2O3. The van der Waals surface area contributed by atoms with Crippen LogP contribution in [0.1, 0.15) is 5.76 Å². The van der Waals surface area contributed by atoms with Crippen molar-refractivity contribution in [2.75, 3.05) is 7.05 Å². The molecule has 0 saturated carbocycles. The van der Waals surface area contributed by atoms with E-state index in [1.54, 1.807) is 12.1 Å². The van der Waals surface area contributed by atoms with E-state index >= 15 is 0 Å². The monoisotopic (exact) mass is 310 g/mol. The second-order valence-electron chi connectivity index (χ2n) is 3.72. The van der Waals surface area contributed by atoms with E-state index in [2.05, 4.69) is 21.2 Å². The van der Waals surface area contributed by atoms with Gasteiger partial charge in [0, 0.05) is 11.6 Å². The quantitative estimate of drug-likeness (QED) is 0.694. The van der Waals surface area contributed by atoms with Gasteiger partial charge in [-0.25, -0.2) is 0 Å². The van der Waals surface area contributed by atoms with Gasteiger partial charge in [-0.15, -0.1) is 0 Å². The number of nitro groups is 1. The molecule has 0 amide bonds. The zero-order valence-electron chi connectivity index (χ0n) is 9.64. The van der Waals surface area contributed by atoms with E-state index in [4.69, 9.17) is 4.42 Å². The van der Waals surface area contributed by atoms with Crippen molar-refractivity contribution in [1.29, 1.82) is 0 Å². The summed E-state index contributed by atoms with van der Waals surface area (Å²) >= 11 is 3.19. The van der Waals surface area contributed by atoms with Crippen molar-refractivity contribution in [2.24, 2.45) is 0 Å². The van der Waals surface area contributed by atoms with Gasteiger partial charge >= 0.3 is 0 Å². The average Bonchev–Trinajstić information content (AvgIpc) is 2.77. The van der Waals surface area contributed by atoms with E-state index in [0.29, 0.717) is 16.8 Å². The average molecular weight is 311 g/mol. The molecule has 2 aromatic rings. The van der Waals surface area contributed by atoms with Gasteiger partial charge in [-0.1, -0.05) is 0 Å². The van der Waals surface area contributed by atoms with E-state index in [1.165, 1.54) is 6.07 Å². The first-order valence-corrected chi connectivity index (χ1v) is 6.08. The van der Waals surface area contributed by atoms with Crippen LogP contribution in [-0.4, -0.2) is 12.0 Å². The molecule has 5 nitrogen and oxygen atoms in total. The van der Waals surface area contributed by atoms with Gasteiger partial charge in [-0.2, -0.15) is 0 Å². The molecule has 1 aromatic carbocycles. The number of hydrogen-bond donors (Lipinski definition) is 1. The van der Waals surface area contributed by atoms with Crippen LogP contribution in [0, 0.1) is 10.1 Å². The lowest BCUT2D eigenvalue weighted by Gasteiger charge is -2.00. The number of furan rings is 1. The van der Waals surface area contributed by atoms with Gasteiger partial charge in [0.05, 0.1) is 15.9 Å². The first-order valence-electron chi connectivity index (χ1n) is 5.29. The molecule has 1 aromatic heterocycles. The Labute approximate surface area is 112 Å².